The van der Waals surface area contributed by atoms with Gasteiger partial charge in [-0.3, -0.25) is 0 Å². The molecule has 2 atom stereocenters. The molecule has 0 aliphatic heterocycles. The van der Waals surface area contributed by atoms with Gasteiger partial charge in [0.05, 0.1) is 6.10 Å². The summed E-state index contributed by atoms with van der Waals surface area (Å²) in [5.41, 5.74) is 1.29. The van der Waals surface area contributed by atoms with Crippen LogP contribution in [0.3, 0.4) is 0 Å². The number of halogens is 1. The summed E-state index contributed by atoms with van der Waals surface area (Å²) in [5.74, 6) is 1.11. The van der Waals surface area contributed by atoms with Gasteiger partial charge in [0.15, 0.2) is 0 Å². The normalized spacial score (nSPS) is 18.2. The van der Waals surface area contributed by atoms with Gasteiger partial charge in [0.2, 0.25) is 0 Å². The minimum absolute atomic E-state index is 0.251. The molecule has 0 bridgehead atoms. The molecule has 112 valence electrons. The molecule has 20 heavy (non-hydrogen) atoms. The van der Waals surface area contributed by atoms with Gasteiger partial charge in [-0.15, -0.1) is 0 Å². The molecule has 1 aromatic rings. The molecule has 3 heteroatoms. The van der Waals surface area contributed by atoms with E-state index in [0.717, 1.165) is 17.9 Å². The Bertz CT molecular complexity index is 398. The van der Waals surface area contributed by atoms with E-state index < -0.39 is 0 Å². The molecular weight excluding hydrogens is 270 g/mol. The lowest BCUT2D eigenvalue weighted by Gasteiger charge is -2.25. The van der Waals surface area contributed by atoms with Crippen LogP contribution in [0.15, 0.2) is 24.3 Å². The predicted molar refractivity (Wildman–Crippen MR) is 85.0 cm³/mol. The van der Waals surface area contributed by atoms with E-state index in [4.69, 9.17) is 11.6 Å². The van der Waals surface area contributed by atoms with Gasteiger partial charge in [-0.05, 0) is 42.4 Å². The lowest BCUT2D eigenvalue weighted by molar-refractivity contribution is 0.0973. The van der Waals surface area contributed by atoms with E-state index in [1.165, 1.54) is 18.4 Å². The maximum Gasteiger partial charge on any atom is 0.0692 e. The molecule has 1 aromatic carbocycles. The van der Waals surface area contributed by atoms with Crippen LogP contribution in [-0.4, -0.2) is 17.8 Å². The second-order valence-electron chi connectivity index (χ2n) is 5.92. The van der Waals surface area contributed by atoms with Gasteiger partial charge in [-0.25, -0.2) is 0 Å². The van der Waals surface area contributed by atoms with Crippen molar-refractivity contribution < 1.29 is 5.11 Å². The number of hydrogen-bond acceptors (Lipinski definition) is 2. The minimum Gasteiger partial charge on any atom is -0.392 e. The van der Waals surface area contributed by atoms with Crippen LogP contribution in [0.2, 0.25) is 5.02 Å². The van der Waals surface area contributed by atoms with Gasteiger partial charge in [-0.1, -0.05) is 50.4 Å². The van der Waals surface area contributed by atoms with Crippen LogP contribution < -0.4 is 5.32 Å². The first kappa shape index (κ1) is 15.8. The summed E-state index contributed by atoms with van der Waals surface area (Å²) in [7, 11) is 0. The highest BCUT2D eigenvalue weighted by atomic mass is 35.5. The Kier molecular flexibility index (Phi) is 5.88. The zero-order valence-electron chi connectivity index (χ0n) is 12.5. The highest BCUT2D eigenvalue weighted by Gasteiger charge is 2.32. The lowest BCUT2D eigenvalue weighted by Crippen LogP contribution is -2.35. The topological polar surface area (TPSA) is 32.3 Å². The number of aliphatic hydroxyl groups excluding tert-OH is 1. The fourth-order valence-electron chi connectivity index (χ4n) is 2.90. The smallest absolute Gasteiger partial charge is 0.0692 e. The highest BCUT2D eigenvalue weighted by molar-refractivity contribution is 6.30. The Morgan fingerprint density at radius 2 is 1.80 bits per heavy atom. The first-order chi connectivity index (χ1) is 9.65. The van der Waals surface area contributed by atoms with E-state index in [2.05, 4.69) is 31.3 Å². The molecule has 0 radical (unpaired) electrons. The van der Waals surface area contributed by atoms with E-state index >= 15 is 0 Å². The summed E-state index contributed by atoms with van der Waals surface area (Å²) in [6, 6.07) is 8.46. The van der Waals surface area contributed by atoms with Crippen LogP contribution in [0.25, 0.3) is 0 Å². The molecule has 2 unspecified atom stereocenters. The quantitative estimate of drug-likeness (QED) is 0.754. The molecule has 0 spiro atoms. The van der Waals surface area contributed by atoms with Gasteiger partial charge in [0.1, 0.15) is 0 Å². The van der Waals surface area contributed by atoms with E-state index in [0.29, 0.717) is 24.4 Å². The Labute approximate surface area is 127 Å². The highest BCUT2D eigenvalue weighted by Crippen LogP contribution is 2.41. The number of benzene rings is 1. The average Bonchev–Trinajstić information content (AvgIpc) is 3.27. The molecule has 1 fully saturated rings. The van der Waals surface area contributed by atoms with Crippen LogP contribution >= 0.6 is 11.6 Å². The summed E-state index contributed by atoms with van der Waals surface area (Å²) in [5, 5.41) is 14.6. The average molecular weight is 296 g/mol. The molecule has 1 saturated carbocycles. The summed E-state index contributed by atoms with van der Waals surface area (Å²) >= 11 is 5.96. The van der Waals surface area contributed by atoms with Crippen molar-refractivity contribution in [1.29, 1.82) is 0 Å². The number of aliphatic hydroxyl groups is 1. The summed E-state index contributed by atoms with van der Waals surface area (Å²) in [6.07, 6.45) is 4.38. The second kappa shape index (κ2) is 7.44. The fraction of sp³-hybridized carbons (Fsp3) is 0.647. The number of nitrogens with one attached hydrogen (secondary N) is 1. The van der Waals surface area contributed by atoms with E-state index in [1.54, 1.807) is 0 Å². The van der Waals surface area contributed by atoms with Crippen molar-refractivity contribution in [2.45, 2.75) is 51.7 Å². The Morgan fingerprint density at radius 3 is 2.30 bits per heavy atom. The monoisotopic (exact) mass is 295 g/mol. The molecule has 1 aliphatic rings. The van der Waals surface area contributed by atoms with Crippen LogP contribution in [0, 0.1) is 11.8 Å². The van der Waals surface area contributed by atoms with E-state index in [-0.39, 0.29) is 6.10 Å². The Hall–Kier alpha value is -0.570. The standard InChI is InChI=1S/C17H26ClNO/c1-3-12(4-2)16(20)11-19-17(13-5-6-13)14-7-9-15(18)10-8-14/h7-10,12-13,16-17,19-20H,3-6,11H2,1-2H3. The first-order valence-corrected chi connectivity index (χ1v) is 8.20. The Morgan fingerprint density at radius 1 is 1.20 bits per heavy atom. The summed E-state index contributed by atoms with van der Waals surface area (Å²) in [6.45, 7) is 4.97. The van der Waals surface area contributed by atoms with Gasteiger partial charge in [0, 0.05) is 17.6 Å². The lowest BCUT2D eigenvalue weighted by atomic mass is 9.95. The van der Waals surface area contributed by atoms with Crippen LogP contribution in [-0.2, 0) is 0 Å². The van der Waals surface area contributed by atoms with Crippen LogP contribution in [0.4, 0.5) is 0 Å². The van der Waals surface area contributed by atoms with Crippen molar-refractivity contribution >= 4 is 11.6 Å². The van der Waals surface area contributed by atoms with Gasteiger partial charge < -0.3 is 10.4 Å². The third kappa shape index (κ3) is 4.21. The van der Waals surface area contributed by atoms with Crippen molar-refractivity contribution in [3.8, 4) is 0 Å². The summed E-state index contributed by atoms with van der Waals surface area (Å²) < 4.78 is 0. The van der Waals surface area contributed by atoms with Crippen molar-refractivity contribution in [2.75, 3.05) is 6.54 Å². The van der Waals surface area contributed by atoms with Crippen LogP contribution in [0.5, 0.6) is 0 Å². The second-order valence-corrected chi connectivity index (χ2v) is 6.36. The molecule has 0 heterocycles. The van der Waals surface area contributed by atoms with Crippen LogP contribution in [0.1, 0.15) is 51.1 Å². The van der Waals surface area contributed by atoms with Gasteiger partial charge in [0.25, 0.3) is 0 Å². The van der Waals surface area contributed by atoms with Crippen molar-refractivity contribution in [2.24, 2.45) is 11.8 Å². The third-order valence-corrected chi connectivity index (χ3v) is 4.71. The Balaban J connectivity index is 1.95. The molecule has 2 rings (SSSR count). The minimum atomic E-state index is -0.251. The van der Waals surface area contributed by atoms with Crippen molar-refractivity contribution in [3.63, 3.8) is 0 Å². The molecule has 2 nitrogen and oxygen atoms in total. The van der Waals surface area contributed by atoms with Crippen molar-refractivity contribution in [1.82, 2.24) is 5.32 Å². The number of rotatable bonds is 8. The molecular formula is C17H26ClNO. The first-order valence-electron chi connectivity index (χ1n) is 7.82. The van der Waals surface area contributed by atoms with Crippen molar-refractivity contribution in [3.05, 3.63) is 34.9 Å². The largest absolute Gasteiger partial charge is 0.392 e. The van der Waals surface area contributed by atoms with E-state index in [9.17, 15) is 5.11 Å². The molecule has 1 aliphatic carbocycles. The zero-order chi connectivity index (χ0) is 14.5. The van der Waals surface area contributed by atoms with E-state index in [1.807, 2.05) is 12.1 Å². The molecule has 0 amide bonds. The maximum absolute atomic E-state index is 10.3. The molecule has 0 aromatic heterocycles. The van der Waals surface area contributed by atoms with Gasteiger partial charge in [-0.2, -0.15) is 0 Å². The summed E-state index contributed by atoms with van der Waals surface area (Å²) in [4.78, 5) is 0. The van der Waals surface area contributed by atoms with Gasteiger partial charge >= 0.3 is 0 Å². The fourth-order valence-corrected chi connectivity index (χ4v) is 3.03. The molecule has 2 N–H and O–H groups in total. The number of hydrogen-bond donors (Lipinski definition) is 2. The maximum atomic E-state index is 10.3. The molecule has 0 saturated heterocycles. The predicted octanol–water partition coefficient (Wildman–Crippen LogP) is 4.18. The zero-order valence-corrected chi connectivity index (χ0v) is 13.2. The SMILES string of the molecule is CCC(CC)C(O)CNC(c1ccc(Cl)cc1)C1CC1. The third-order valence-electron chi connectivity index (χ3n) is 4.46.